The molecule has 0 radical (unpaired) electrons. The molecule has 0 saturated carbocycles. The van der Waals surface area contributed by atoms with Gasteiger partial charge in [0.25, 0.3) is 0 Å². The second-order valence-electron chi connectivity index (χ2n) is 0.794. The molecule has 0 aromatic rings. The van der Waals surface area contributed by atoms with E-state index in [-0.39, 0.29) is 18.9 Å². The molecule has 0 aliphatic heterocycles. The Labute approximate surface area is 52.5 Å². The Hall–Kier alpha value is 0.637. The third-order valence-corrected chi connectivity index (χ3v) is 0.396. The number of nitrogens with one attached hydrogen (secondary N) is 1. The van der Waals surface area contributed by atoms with Crippen molar-refractivity contribution < 1.29 is 9.05 Å². The van der Waals surface area contributed by atoms with Crippen molar-refractivity contribution in [3.8, 4) is 0 Å². The third kappa shape index (κ3) is 10.8. The minimum atomic E-state index is -3.56. The van der Waals surface area contributed by atoms with Crippen LogP contribution in [0.15, 0.2) is 0 Å². The van der Waals surface area contributed by atoms with E-state index < -0.39 is 7.59 Å². The van der Waals surface area contributed by atoms with Crippen LogP contribution < -0.4 is 16.3 Å². The number of nitrogens with two attached hydrogens (primary N) is 2. The van der Waals surface area contributed by atoms with E-state index in [2.05, 4.69) is 11.0 Å². The van der Waals surface area contributed by atoms with Gasteiger partial charge in [0.05, 0.1) is 0 Å². The van der Waals surface area contributed by atoms with Gasteiger partial charge in [-0.25, -0.2) is 0 Å². The maximum absolute atomic E-state index is 10.7. The predicted molar refractivity (Wildman–Crippen MR) is 27.4 cm³/mol. The van der Waals surface area contributed by atoms with Crippen molar-refractivity contribution in [1.82, 2.24) is 5.31 Å². The zero-order valence-corrected chi connectivity index (χ0v) is 3.78. The molecule has 0 saturated heterocycles. The van der Waals surface area contributed by atoms with Gasteiger partial charge in [-0.2, -0.15) is 0 Å². The van der Waals surface area contributed by atoms with E-state index in [0.717, 1.165) is 0 Å². The van der Waals surface area contributed by atoms with Gasteiger partial charge < -0.3 is 0 Å². The minimum absolute atomic E-state index is 0. The van der Waals surface area contributed by atoms with Crippen LogP contribution in [0.4, 0.5) is 4.48 Å². The summed E-state index contributed by atoms with van der Waals surface area (Å²) in [4.78, 5) is 0. The molecule has 0 bridgehead atoms. The van der Waals surface area contributed by atoms with Gasteiger partial charge in [0, 0.05) is 0 Å². The first kappa shape index (κ1) is 10.6. The van der Waals surface area contributed by atoms with Crippen molar-refractivity contribution in [3.63, 3.8) is 0 Å². The van der Waals surface area contributed by atoms with Gasteiger partial charge in [-0.1, -0.05) is 5.31 Å². The van der Waals surface area contributed by atoms with Crippen molar-refractivity contribution >= 4 is 26.5 Å². The van der Waals surface area contributed by atoms with E-state index in [4.69, 9.17) is 0 Å². The zero-order chi connectivity index (χ0) is 5.21. The first-order chi connectivity index (χ1) is 2.56. The molecule has 0 atom stereocenters. The summed E-state index contributed by atoms with van der Waals surface area (Å²) in [5.74, 6) is 0. The molecule has 0 rings (SSSR count). The molecule has 0 aromatic carbocycles. The standard InChI is InChI=1S/FH5N3OP.Li.H/c1-4-6(2,3)5;;/h(H5,2,3,4,5);;. The van der Waals surface area contributed by atoms with Crippen LogP contribution in [-0.4, -0.2) is 18.9 Å². The van der Waals surface area contributed by atoms with Crippen LogP contribution >= 0.6 is 7.59 Å². The van der Waals surface area contributed by atoms with Gasteiger partial charge in [-0.15, -0.1) is 4.48 Å². The zero-order valence-electron chi connectivity index (χ0n) is 2.89. The fourth-order valence-corrected chi connectivity index (χ4v) is 0. The summed E-state index contributed by atoms with van der Waals surface area (Å²) in [7, 11) is -3.56. The van der Waals surface area contributed by atoms with E-state index in [1.165, 1.54) is 0 Å². The first-order valence-corrected chi connectivity index (χ1v) is 2.96. The van der Waals surface area contributed by atoms with Crippen LogP contribution in [0.3, 0.4) is 0 Å². The van der Waals surface area contributed by atoms with Gasteiger partial charge in [0.15, 0.2) is 0 Å². The fraction of sp³-hybridized carbons (Fsp3) is 0. The van der Waals surface area contributed by atoms with Crippen LogP contribution in [0.2, 0.25) is 0 Å². The van der Waals surface area contributed by atoms with Crippen LogP contribution in [-0.2, 0) is 4.57 Å². The molecular weight excluding hydrogens is 115 g/mol. The van der Waals surface area contributed by atoms with Crippen molar-refractivity contribution in [2.75, 3.05) is 0 Å². The Morgan fingerprint density at radius 1 is 1.57 bits per heavy atom. The summed E-state index contributed by atoms with van der Waals surface area (Å²) in [6, 6.07) is 0. The van der Waals surface area contributed by atoms with Crippen LogP contribution in [0.5, 0.6) is 0 Å². The first-order valence-electron chi connectivity index (χ1n) is 1.11. The Morgan fingerprint density at radius 2 is 1.71 bits per heavy atom. The molecule has 0 unspecified atom stereocenters. The van der Waals surface area contributed by atoms with E-state index in [1.54, 1.807) is 0 Å². The Bertz CT molecular complexity index is 79.0. The summed E-state index contributed by atoms with van der Waals surface area (Å²) in [6.07, 6.45) is 0. The molecule has 0 aliphatic carbocycles. The second-order valence-corrected chi connectivity index (χ2v) is 2.38. The van der Waals surface area contributed by atoms with E-state index in [0.29, 0.717) is 5.31 Å². The molecule has 0 aromatic heterocycles. The van der Waals surface area contributed by atoms with Gasteiger partial charge in [0.2, 0.25) is 0 Å². The molecule has 0 spiro atoms. The van der Waals surface area contributed by atoms with E-state index in [9.17, 15) is 9.05 Å². The normalized spacial score (nSPS) is 10.1. The molecule has 5 N–H and O–H groups in total. The summed E-state index contributed by atoms with van der Waals surface area (Å²) < 4.78 is 20.4. The summed E-state index contributed by atoms with van der Waals surface area (Å²) in [6.45, 7) is 0. The number of hydrogen-bond donors (Lipinski definition) is 3. The molecule has 4 nitrogen and oxygen atoms in total. The molecule has 40 valence electrons. The topological polar surface area (TPSA) is 81.1 Å². The van der Waals surface area contributed by atoms with E-state index in [1.807, 2.05) is 0 Å². The van der Waals surface area contributed by atoms with Crippen molar-refractivity contribution in [3.05, 3.63) is 0 Å². The predicted octanol–water partition coefficient (Wildman–Crippen LogP) is -1.16. The van der Waals surface area contributed by atoms with Crippen LogP contribution in [0.1, 0.15) is 0 Å². The summed E-state index contributed by atoms with van der Waals surface area (Å²) in [5.41, 5.74) is 8.76. The average Bonchev–Trinajstić information content (AvgIpc) is 1.35. The average molecular weight is 121 g/mol. The van der Waals surface area contributed by atoms with Gasteiger partial charge >= 0.3 is 26.5 Å². The maximum atomic E-state index is 10.7. The number of halogens is 1. The number of hydrogen-bond acceptors (Lipinski definition) is 1. The van der Waals surface area contributed by atoms with Gasteiger partial charge in [-0.05, 0) is 0 Å². The van der Waals surface area contributed by atoms with Crippen molar-refractivity contribution in [2.24, 2.45) is 11.0 Å². The SMILES string of the molecule is NP(N)(=O)NF.[LiH]. The van der Waals surface area contributed by atoms with Gasteiger partial charge in [0.1, 0.15) is 0 Å². The molecule has 0 fully saturated rings. The molecule has 0 aliphatic rings. The van der Waals surface area contributed by atoms with Crippen LogP contribution in [0.25, 0.3) is 0 Å². The van der Waals surface area contributed by atoms with Crippen LogP contribution in [0, 0.1) is 0 Å². The Kier molecular flexibility index (Phi) is 5.47. The van der Waals surface area contributed by atoms with Crippen molar-refractivity contribution in [1.29, 1.82) is 0 Å². The summed E-state index contributed by atoms with van der Waals surface area (Å²) in [5, 5.41) is 0.715. The molecule has 7 heavy (non-hydrogen) atoms. The van der Waals surface area contributed by atoms with Crippen molar-refractivity contribution in [2.45, 2.75) is 0 Å². The summed E-state index contributed by atoms with van der Waals surface area (Å²) >= 11 is 0. The second kappa shape index (κ2) is 3.62. The Morgan fingerprint density at radius 3 is 1.71 bits per heavy atom. The fourth-order valence-electron chi connectivity index (χ4n) is 0. The quantitative estimate of drug-likeness (QED) is 0.232. The monoisotopic (exact) mass is 121 g/mol. The molecule has 7 heteroatoms. The molecular formula is H6FLiN3OP. The molecule has 0 heterocycles. The molecule has 0 amide bonds. The third-order valence-electron chi connectivity index (χ3n) is 0.132. The Balaban J connectivity index is 0. The van der Waals surface area contributed by atoms with Gasteiger partial charge in [-0.3, -0.25) is 15.6 Å². The van der Waals surface area contributed by atoms with E-state index >= 15 is 0 Å². The number of rotatable bonds is 1.